The highest BCUT2D eigenvalue weighted by Crippen LogP contribution is 2.38. The summed E-state index contributed by atoms with van der Waals surface area (Å²) in [5, 5.41) is 9.73. The Morgan fingerprint density at radius 1 is 1.43 bits per heavy atom. The van der Waals surface area contributed by atoms with Crippen molar-refractivity contribution in [1.29, 1.82) is 0 Å². The zero-order valence-electron chi connectivity index (χ0n) is 9.14. The number of ether oxygens (including phenoxy) is 1. The molecule has 1 aliphatic heterocycles. The van der Waals surface area contributed by atoms with Crippen LogP contribution in [0.25, 0.3) is 0 Å². The minimum atomic E-state index is -2.48. The van der Waals surface area contributed by atoms with Gasteiger partial charge in [-0.25, -0.2) is 0 Å². The smallest absolute Gasteiger partial charge is 0.197 e. The van der Waals surface area contributed by atoms with Crippen molar-refractivity contribution in [3.8, 4) is 0 Å². The average molecular weight is 222 g/mol. The van der Waals surface area contributed by atoms with Gasteiger partial charge in [-0.3, -0.25) is 4.57 Å². The van der Waals surface area contributed by atoms with Crippen LogP contribution in [0, 0.1) is 5.92 Å². The van der Waals surface area contributed by atoms with Crippen LogP contribution in [-0.4, -0.2) is 43.4 Å². The van der Waals surface area contributed by atoms with Crippen molar-refractivity contribution < 1.29 is 18.9 Å². The summed E-state index contributed by atoms with van der Waals surface area (Å²) in [6, 6.07) is 0. The van der Waals surface area contributed by atoms with Crippen LogP contribution in [0.15, 0.2) is 0 Å². The summed E-state index contributed by atoms with van der Waals surface area (Å²) in [6.07, 6.45) is -0.823. The molecule has 0 bridgehead atoms. The standard InChI is InChI=1S/C9H19O4P/c1-6-7(2)13-8(9(6)10)5-12-14(3,4)11/h6-10H,5H2,1-4H3/t6?,7-,8+,9+/m0/s1. The molecule has 0 aromatic carbocycles. The Labute approximate surface area is 85.1 Å². The second-order valence-corrected chi connectivity index (χ2v) is 7.04. The maximum atomic E-state index is 11.3. The summed E-state index contributed by atoms with van der Waals surface area (Å²) in [5.41, 5.74) is 0. The van der Waals surface area contributed by atoms with E-state index in [0.29, 0.717) is 0 Å². The van der Waals surface area contributed by atoms with E-state index in [1.165, 1.54) is 0 Å². The maximum absolute atomic E-state index is 11.3. The predicted molar refractivity (Wildman–Crippen MR) is 54.9 cm³/mol. The van der Waals surface area contributed by atoms with Crippen LogP contribution >= 0.6 is 7.37 Å². The van der Waals surface area contributed by atoms with E-state index in [4.69, 9.17) is 9.26 Å². The van der Waals surface area contributed by atoms with Crippen molar-refractivity contribution in [1.82, 2.24) is 0 Å². The third-order valence-corrected chi connectivity index (χ3v) is 3.37. The molecule has 1 saturated heterocycles. The van der Waals surface area contributed by atoms with E-state index < -0.39 is 13.5 Å². The molecule has 84 valence electrons. The first-order valence-corrected chi connectivity index (χ1v) is 7.36. The first kappa shape index (κ1) is 12.2. The van der Waals surface area contributed by atoms with Crippen LogP contribution in [0.5, 0.6) is 0 Å². The summed E-state index contributed by atoms with van der Waals surface area (Å²) in [6.45, 7) is 7.18. The molecular weight excluding hydrogens is 203 g/mol. The maximum Gasteiger partial charge on any atom is 0.197 e. The van der Waals surface area contributed by atoms with Gasteiger partial charge < -0.3 is 14.4 Å². The molecule has 0 aromatic heterocycles. The van der Waals surface area contributed by atoms with Crippen molar-refractivity contribution in [2.24, 2.45) is 5.92 Å². The molecule has 0 aliphatic carbocycles. The minimum Gasteiger partial charge on any atom is -0.390 e. The van der Waals surface area contributed by atoms with E-state index in [-0.39, 0.29) is 24.7 Å². The Hall–Kier alpha value is 0.110. The third-order valence-electron chi connectivity index (χ3n) is 2.60. The van der Waals surface area contributed by atoms with E-state index in [1.807, 2.05) is 13.8 Å². The third kappa shape index (κ3) is 3.06. The molecule has 1 N–H and O–H groups in total. The lowest BCUT2D eigenvalue weighted by atomic mass is 10.00. The second kappa shape index (κ2) is 4.31. The molecule has 0 saturated carbocycles. The molecule has 5 heteroatoms. The van der Waals surface area contributed by atoms with Gasteiger partial charge in [0.2, 0.25) is 0 Å². The minimum absolute atomic E-state index is 0.0340. The molecule has 1 aliphatic rings. The topological polar surface area (TPSA) is 55.8 Å². The largest absolute Gasteiger partial charge is 0.390 e. The average Bonchev–Trinajstić information content (AvgIpc) is 2.28. The lowest BCUT2D eigenvalue weighted by molar-refractivity contribution is -0.00997. The summed E-state index contributed by atoms with van der Waals surface area (Å²) >= 11 is 0. The summed E-state index contributed by atoms with van der Waals surface area (Å²) < 4.78 is 21.9. The van der Waals surface area contributed by atoms with Gasteiger partial charge in [0.15, 0.2) is 7.37 Å². The number of aliphatic hydroxyl groups is 1. The molecule has 0 amide bonds. The van der Waals surface area contributed by atoms with Gasteiger partial charge in [-0.1, -0.05) is 6.92 Å². The molecule has 14 heavy (non-hydrogen) atoms. The van der Waals surface area contributed by atoms with Crippen LogP contribution < -0.4 is 0 Å². The molecule has 0 spiro atoms. The Bertz CT molecular complexity index is 237. The highest BCUT2D eigenvalue weighted by molar-refractivity contribution is 7.57. The van der Waals surface area contributed by atoms with Crippen LogP contribution in [0.4, 0.5) is 0 Å². The molecule has 1 rings (SSSR count). The van der Waals surface area contributed by atoms with Gasteiger partial charge in [0.05, 0.1) is 18.8 Å². The van der Waals surface area contributed by atoms with Gasteiger partial charge >= 0.3 is 0 Å². The van der Waals surface area contributed by atoms with Gasteiger partial charge in [-0.2, -0.15) is 0 Å². The van der Waals surface area contributed by atoms with Crippen LogP contribution in [0.3, 0.4) is 0 Å². The zero-order valence-corrected chi connectivity index (χ0v) is 10.0. The van der Waals surface area contributed by atoms with E-state index in [9.17, 15) is 9.67 Å². The van der Waals surface area contributed by atoms with Gasteiger partial charge in [0.25, 0.3) is 0 Å². The van der Waals surface area contributed by atoms with Crippen molar-refractivity contribution in [3.63, 3.8) is 0 Å². The summed E-state index contributed by atoms with van der Waals surface area (Å²) in [5.74, 6) is 0.108. The first-order valence-electron chi connectivity index (χ1n) is 4.84. The Kier molecular flexibility index (Phi) is 3.75. The van der Waals surface area contributed by atoms with Crippen molar-refractivity contribution >= 4 is 7.37 Å². The normalized spacial score (nSPS) is 38.9. The predicted octanol–water partition coefficient (Wildman–Crippen LogP) is 1.32. The molecule has 4 atom stereocenters. The van der Waals surface area contributed by atoms with E-state index >= 15 is 0 Å². The Morgan fingerprint density at radius 3 is 2.36 bits per heavy atom. The Morgan fingerprint density at radius 2 is 2.00 bits per heavy atom. The number of hydrogen-bond donors (Lipinski definition) is 1. The van der Waals surface area contributed by atoms with Gasteiger partial charge in [-0.05, 0) is 6.92 Å². The van der Waals surface area contributed by atoms with Crippen LogP contribution in [0.1, 0.15) is 13.8 Å². The van der Waals surface area contributed by atoms with E-state index in [1.54, 1.807) is 13.3 Å². The summed E-state index contributed by atoms with van der Waals surface area (Å²) in [7, 11) is -2.48. The number of rotatable bonds is 3. The fourth-order valence-corrected chi connectivity index (χ4v) is 1.99. The molecule has 1 unspecified atom stereocenters. The van der Waals surface area contributed by atoms with Crippen LogP contribution in [-0.2, 0) is 13.8 Å². The van der Waals surface area contributed by atoms with Crippen molar-refractivity contribution in [3.05, 3.63) is 0 Å². The number of aliphatic hydroxyl groups excluding tert-OH is 1. The van der Waals surface area contributed by atoms with Gasteiger partial charge in [-0.15, -0.1) is 0 Å². The van der Waals surface area contributed by atoms with Gasteiger partial charge in [0, 0.05) is 19.2 Å². The molecule has 0 radical (unpaired) electrons. The summed E-state index contributed by atoms with van der Waals surface area (Å²) in [4.78, 5) is 0. The van der Waals surface area contributed by atoms with Crippen LogP contribution in [0.2, 0.25) is 0 Å². The number of hydrogen-bond acceptors (Lipinski definition) is 4. The van der Waals surface area contributed by atoms with E-state index in [2.05, 4.69) is 0 Å². The lowest BCUT2D eigenvalue weighted by Gasteiger charge is -2.16. The Balaban J connectivity index is 2.44. The second-order valence-electron chi connectivity index (χ2n) is 4.28. The molecule has 1 fully saturated rings. The SMILES string of the molecule is CC1[C@H](C)O[C@H](COP(C)(C)=O)[C@@H]1O. The highest BCUT2D eigenvalue weighted by Gasteiger charge is 2.38. The van der Waals surface area contributed by atoms with Gasteiger partial charge in [0.1, 0.15) is 6.10 Å². The molecule has 1 heterocycles. The highest BCUT2D eigenvalue weighted by atomic mass is 31.2. The lowest BCUT2D eigenvalue weighted by Crippen LogP contribution is -2.29. The fraction of sp³-hybridized carbons (Fsp3) is 1.00. The molecular formula is C9H19O4P. The molecule has 0 aromatic rings. The quantitative estimate of drug-likeness (QED) is 0.732. The first-order chi connectivity index (χ1) is 6.31. The monoisotopic (exact) mass is 222 g/mol. The fourth-order valence-electron chi connectivity index (χ4n) is 1.49. The zero-order chi connectivity index (χ0) is 10.9. The van der Waals surface area contributed by atoms with Crippen molar-refractivity contribution in [2.45, 2.75) is 32.2 Å². The van der Waals surface area contributed by atoms with E-state index in [0.717, 1.165) is 0 Å². The van der Waals surface area contributed by atoms with Crippen molar-refractivity contribution in [2.75, 3.05) is 19.9 Å². The molecule has 4 nitrogen and oxygen atoms in total.